The topological polar surface area (TPSA) is 75.7 Å². The molecule has 2 aromatic rings. The van der Waals surface area contributed by atoms with Crippen molar-refractivity contribution in [3.63, 3.8) is 0 Å². The molecule has 0 fully saturated rings. The molecule has 2 aromatic carbocycles. The van der Waals surface area contributed by atoms with E-state index in [0.29, 0.717) is 11.4 Å². The number of likely N-dealkylation sites (N-methyl/N-ethyl adjacent to an activating group) is 1. The summed E-state index contributed by atoms with van der Waals surface area (Å²) in [4.78, 5) is 12.2. The van der Waals surface area contributed by atoms with Gasteiger partial charge in [0.15, 0.2) is 0 Å². The number of nitrogens with one attached hydrogen (secondary N) is 1. The molecule has 0 aliphatic heterocycles. The number of anilines is 1. The molecule has 8 heteroatoms. The van der Waals surface area contributed by atoms with Gasteiger partial charge in [0.2, 0.25) is 15.9 Å². The van der Waals surface area contributed by atoms with Gasteiger partial charge in [0.05, 0.1) is 18.6 Å². The van der Waals surface area contributed by atoms with E-state index in [9.17, 15) is 13.2 Å². The average Bonchev–Trinajstić information content (AvgIpc) is 2.55. The molecular weight excluding hydrogens is 396 g/mol. The van der Waals surface area contributed by atoms with Crippen LogP contribution < -0.4 is 10.1 Å². The highest BCUT2D eigenvalue weighted by atomic mass is 79.9. The van der Waals surface area contributed by atoms with Crippen LogP contribution in [0.15, 0.2) is 57.9 Å². The number of carbonyl (C=O) groups excluding carboxylic acids is 1. The van der Waals surface area contributed by atoms with Crippen molar-refractivity contribution < 1.29 is 17.9 Å². The Labute approximate surface area is 149 Å². The first-order valence-electron chi connectivity index (χ1n) is 6.99. The van der Waals surface area contributed by atoms with Gasteiger partial charge in [0, 0.05) is 17.2 Å². The van der Waals surface area contributed by atoms with Gasteiger partial charge >= 0.3 is 0 Å². The number of hydrogen-bond acceptors (Lipinski definition) is 4. The number of nitrogens with zero attached hydrogens (tertiary/aromatic N) is 1. The van der Waals surface area contributed by atoms with E-state index in [4.69, 9.17) is 4.74 Å². The summed E-state index contributed by atoms with van der Waals surface area (Å²) in [6, 6.07) is 13.0. The average molecular weight is 413 g/mol. The molecular formula is C16H17BrN2O4S. The van der Waals surface area contributed by atoms with E-state index in [1.807, 2.05) is 0 Å². The minimum atomic E-state index is -3.72. The van der Waals surface area contributed by atoms with Crippen molar-refractivity contribution in [3.8, 4) is 5.75 Å². The lowest BCUT2D eigenvalue weighted by molar-refractivity contribution is -0.116. The van der Waals surface area contributed by atoms with Crippen LogP contribution in [0.1, 0.15) is 0 Å². The molecule has 0 atom stereocenters. The summed E-state index contributed by atoms with van der Waals surface area (Å²) in [5, 5.41) is 2.65. The molecule has 0 saturated carbocycles. The summed E-state index contributed by atoms with van der Waals surface area (Å²) in [6.07, 6.45) is 0. The van der Waals surface area contributed by atoms with Gasteiger partial charge in [-0.15, -0.1) is 0 Å². The fraction of sp³-hybridized carbons (Fsp3) is 0.188. The lowest BCUT2D eigenvalue weighted by atomic mass is 10.3. The predicted molar refractivity (Wildman–Crippen MR) is 95.6 cm³/mol. The lowest BCUT2D eigenvalue weighted by Gasteiger charge is -2.17. The van der Waals surface area contributed by atoms with Gasteiger partial charge in [-0.2, -0.15) is 4.31 Å². The Morgan fingerprint density at radius 3 is 2.25 bits per heavy atom. The number of halogens is 1. The third-order valence-corrected chi connectivity index (χ3v) is 5.61. The molecule has 0 aliphatic rings. The SMILES string of the molecule is COc1ccc(NC(=O)CN(C)S(=O)(=O)c2ccc(Br)cc2)cc1. The van der Waals surface area contributed by atoms with Crippen molar-refractivity contribution in [3.05, 3.63) is 53.0 Å². The highest BCUT2D eigenvalue weighted by Gasteiger charge is 2.22. The van der Waals surface area contributed by atoms with Gasteiger partial charge in [-0.25, -0.2) is 8.42 Å². The maximum Gasteiger partial charge on any atom is 0.243 e. The number of sulfonamides is 1. The third-order valence-electron chi connectivity index (χ3n) is 3.26. The Kier molecular flexibility index (Phi) is 5.98. The Bertz CT molecular complexity index is 805. The Balaban J connectivity index is 2.03. The number of amides is 1. The van der Waals surface area contributed by atoms with Gasteiger partial charge < -0.3 is 10.1 Å². The van der Waals surface area contributed by atoms with E-state index >= 15 is 0 Å². The zero-order valence-corrected chi connectivity index (χ0v) is 15.6. The lowest BCUT2D eigenvalue weighted by Crippen LogP contribution is -2.34. The fourth-order valence-electron chi connectivity index (χ4n) is 1.95. The van der Waals surface area contributed by atoms with Crippen molar-refractivity contribution in [1.29, 1.82) is 0 Å². The molecule has 0 bridgehead atoms. The summed E-state index contributed by atoms with van der Waals surface area (Å²) in [7, 11) is -0.805. The molecule has 1 N–H and O–H groups in total. The first kappa shape index (κ1) is 18.4. The van der Waals surface area contributed by atoms with Crippen molar-refractivity contribution in [2.45, 2.75) is 4.90 Å². The molecule has 24 heavy (non-hydrogen) atoms. The van der Waals surface area contributed by atoms with Crippen LogP contribution in [0, 0.1) is 0 Å². The summed E-state index contributed by atoms with van der Waals surface area (Å²) in [5.74, 6) is 0.242. The van der Waals surface area contributed by atoms with Crippen LogP contribution in [-0.4, -0.2) is 39.3 Å². The van der Waals surface area contributed by atoms with Crippen LogP contribution >= 0.6 is 15.9 Å². The van der Waals surface area contributed by atoms with E-state index in [1.165, 1.54) is 19.2 Å². The molecule has 0 unspecified atom stereocenters. The van der Waals surface area contributed by atoms with Crippen molar-refractivity contribution in [1.82, 2.24) is 4.31 Å². The van der Waals surface area contributed by atoms with Crippen molar-refractivity contribution in [2.75, 3.05) is 26.0 Å². The van der Waals surface area contributed by atoms with Crippen LogP contribution in [0.2, 0.25) is 0 Å². The monoisotopic (exact) mass is 412 g/mol. The quantitative estimate of drug-likeness (QED) is 0.790. The Morgan fingerprint density at radius 2 is 1.71 bits per heavy atom. The maximum atomic E-state index is 12.4. The second-order valence-electron chi connectivity index (χ2n) is 4.99. The molecule has 2 rings (SSSR count). The number of ether oxygens (including phenoxy) is 1. The molecule has 0 heterocycles. The summed E-state index contributed by atoms with van der Waals surface area (Å²) >= 11 is 3.26. The second-order valence-corrected chi connectivity index (χ2v) is 7.95. The number of methoxy groups -OCH3 is 1. The molecule has 0 aromatic heterocycles. The predicted octanol–water partition coefficient (Wildman–Crippen LogP) is 2.72. The molecule has 1 amide bonds. The van der Waals surface area contributed by atoms with Crippen LogP contribution in [0.5, 0.6) is 5.75 Å². The molecule has 0 aliphatic carbocycles. The number of rotatable bonds is 6. The largest absolute Gasteiger partial charge is 0.497 e. The van der Waals surface area contributed by atoms with Crippen LogP contribution in [0.4, 0.5) is 5.69 Å². The van der Waals surface area contributed by atoms with Crippen LogP contribution in [0.3, 0.4) is 0 Å². The van der Waals surface area contributed by atoms with Gasteiger partial charge in [-0.1, -0.05) is 15.9 Å². The van der Waals surface area contributed by atoms with E-state index in [-0.39, 0.29) is 11.4 Å². The zero-order chi connectivity index (χ0) is 17.7. The molecule has 0 spiro atoms. The van der Waals surface area contributed by atoms with E-state index in [0.717, 1.165) is 8.78 Å². The molecule has 128 valence electrons. The zero-order valence-electron chi connectivity index (χ0n) is 13.2. The van der Waals surface area contributed by atoms with Crippen molar-refractivity contribution in [2.24, 2.45) is 0 Å². The highest BCUT2D eigenvalue weighted by Crippen LogP contribution is 2.18. The molecule has 0 radical (unpaired) electrons. The fourth-order valence-corrected chi connectivity index (χ4v) is 3.34. The summed E-state index contributed by atoms with van der Waals surface area (Å²) in [6.45, 7) is -0.287. The standard InChI is InChI=1S/C16H17BrN2O4S/c1-19(24(21,22)15-9-3-12(17)4-10-15)11-16(20)18-13-5-7-14(23-2)8-6-13/h3-10H,11H2,1-2H3,(H,18,20). The van der Waals surface area contributed by atoms with Crippen LogP contribution in [-0.2, 0) is 14.8 Å². The van der Waals surface area contributed by atoms with E-state index < -0.39 is 15.9 Å². The van der Waals surface area contributed by atoms with Crippen molar-refractivity contribution >= 4 is 37.5 Å². The minimum absolute atomic E-state index is 0.130. The van der Waals surface area contributed by atoms with E-state index in [1.54, 1.807) is 43.5 Å². The smallest absolute Gasteiger partial charge is 0.243 e. The minimum Gasteiger partial charge on any atom is -0.497 e. The Morgan fingerprint density at radius 1 is 1.12 bits per heavy atom. The first-order chi connectivity index (χ1) is 11.3. The molecule has 0 saturated heterocycles. The maximum absolute atomic E-state index is 12.4. The van der Waals surface area contributed by atoms with Crippen LogP contribution in [0.25, 0.3) is 0 Å². The summed E-state index contributed by atoms with van der Waals surface area (Å²) in [5.41, 5.74) is 0.565. The summed E-state index contributed by atoms with van der Waals surface area (Å²) < 4.78 is 31.7. The van der Waals surface area contributed by atoms with Gasteiger partial charge in [-0.05, 0) is 48.5 Å². The molecule has 6 nitrogen and oxygen atoms in total. The normalized spacial score (nSPS) is 11.3. The second kappa shape index (κ2) is 7.78. The van der Waals surface area contributed by atoms with Gasteiger partial charge in [0.1, 0.15) is 5.75 Å². The first-order valence-corrected chi connectivity index (χ1v) is 9.22. The van der Waals surface area contributed by atoms with Gasteiger partial charge in [0.25, 0.3) is 0 Å². The number of carbonyl (C=O) groups is 1. The highest BCUT2D eigenvalue weighted by molar-refractivity contribution is 9.10. The third kappa shape index (κ3) is 4.56. The number of benzene rings is 2. The number of hydrogen-bond donors (Lipinski definition) is 1. The Hall–Kier alpha value is -1.90. The van der Waals surface area contributed by atoms with Gasteiger partial charge in [-0.3, -0.25) is 4.79 Å². The van der Waals surface area contributed by atoms with E-state index in [2.05, 4.69) is 21.2 Å².